The van der Waals surface area contributed by atoms with E-state index >= 15 is 0 Å². The number of likely N-dealkylation sites (N-methyl/N-ethyl adjacent to an activating group) is 1. The van der Waals surface area contributed by atoms with Gasteiger partial charge in [-0.15, -0.1) is 0 Å². The van der Waals surface area contributed by atoms with Crippen molar-refractivity contribution in [1.29, 1.82) is 0 Å². The van der Waals surface area contributed by atoms with Gasteiger partial charge in [0.25, 0.3) is 0 Å². The Hall–Kier alpha value is -0.720. The lowest BCUT2D eigenvalue weighted by Gasteiger charge is -2.45. The van der Waals surface area contributed by atoms with Crippen molar-refractivity contribution in [2.75, 3.05) is 33.2 Å². The molecule has 2 heterocycles. The second-order valence-corrected chi connectivity index (χ2v) is 10.0. The number of nitrogens with one attached hydrogen (secondary N) is 2. The van der Waals surface area contributed by atoms with E-state index in [2.05, 4.69) is 41.3 Å². The molecule has 160 valence electrons. The minimum atomic E-state index is -0.748. The fraction of sp³-hybridized carbons (Fsp3) is 0.955. The summed E-state index contributed by atoms with van der Waals surface area (Å²) >= 11 is 0. The smallest absolute Gasteiger partial charge is 0.237 e. The van der Waals surface area contributed by atoms with E-state index in [0.717, 1.165) is 39.0 Å². The number of hydrogen-bond donors (Lipinski definition) is 2. The molecule has 0 aromatic heterocycles. The number of piperazine rings is 1. The van der Waals surface area contributed by atoms with E-state index in [-0.39, 0.29) is 30.0 Å². The van der Waals surface area contributed by atoms with Gasteiger partial charge in [-0.05, 0) is 57.4 Å². The normalized spacial score (nSPS) is 45.6. The van der Waals surface area contributed by atoms with E-state index in [1.54, 1.807) is 0 Å². The molecule has 28 heavy (non-hydrogen) atoms. The highest BCUT2D eigenvalue weighted by molar-refractivity contribution is 5.82. The molecular weight excluding hydrogens is 355 g/mol. The van der Waals surface area contributed by atoms with Crippen molar-refractivity contribution in [2.45, 2.75) is 82.7 Å². The zero-order valence-corrected chi connectivity index (χ0v) is 17.9. The molecule has 0 radical (unpaired) electrons. The predicted octanol–water partition coefficient (Wildman–Crippen LogP) is 2.02. The van der Waals surface area contributed by atoms with Crippen molar-refractivity contribution in [3.8, 4) is 0 Å². The summed E-state index contributed by atoms with van der Waals surface area (Å²) in [6, 6.07) is 0.766. The van der Waals surface area contributed by atoms with Crippen molar-refractivity contribution in [2.24, 2.45) is 17.8 Å². The lowest BCUT2D eigenvalue weighted by Crippen LogP contribution is -2.57. The van der Waals surface area contributed by atoms with Crippen molar-refractivity contribution < 1.29 is 9.18 Å². The highest BCUT2D eigenvalue weighted by atomic mass is 19.1. The third kappa shape index (κ3) is 4.10. The van der Waals surface area contributed by atoms with Crippen molar-refractivity contribution >= 4 is 5.91 Å². The average molecular weight is 395 g/mol. The summed E-state index contributed by atoms with van der Waals surface area (Å²) in [7, 11) is 2.19. The Morgan fingerprint density at radius 3 is 2.54 bits per heavy atom. The number of halogens is 1. The molecule has 4 aliphatic rings. The minimum Gasteiger partial charge on any atom is -0.352 e. The van der Waals surface area contributed by atoms with Crippen molar-refractivity contribution in [3.63, 3.8) is 0 Å². The maximum absolute atomic E-state index is 14.4. The number of nitrogens with zero attached hydrogens (tertiary/aromatic N) is 2. The first kappa shape index (κ1) is 20.5. The average Bonchev–Trinajstić information content (AvgIpc) is 3.14. The predicted molar refractivity (Wildman–Crippen MR) is 110 cm³/mol. The molecule has 2 saturated carbocycles. The Kier molecular flexibility index (Phi) is 6.29. The molecule has 0 aromatic carbocycles. The molecular formula is C22H39FN4O. The van der Waals surface area contributed by atoms with E-state index in [1.165, 1.54) is 12.8 Å². The van der Waals surface area contributed by atoms with Crippen LogP contribution < -0.4 is 10.6 Å². The van der Waals surface area contributed by atoms with Crippen LogP contribution in [0.5, 0.6) is 0 Å². The molecule has 1 amide bonds. The molecule has 2 aliphatic carbocycles. The summed E-state index contributed by atoms with van der Waals surface area (Å²) in [4.78, 5) is 18.1. The van der Waals surface area contributed by atoms with Crippen LogP contribution in [-0.2, 0) is 4.79 Å². The van der Waals surface area contributed by atoms with Crippen molar-refractivity contribution in [3.05, 3.63) is 0 Å². The largest absolute Gasteiger partial charge is 0.352 e. The molecule has 4 fully saturated rings. The maximum Gasteiger partial charge on any atom is 0.237 e. The van der Waals surface area contributed by atoms with Gasteiger partial charge in [-0.25, -0.2) is 4.39 Å². The molecule has 8 unspecified atom stereocenters. The molecule has 8 atom stereocenters. The van der Waals surface area contributed by atoms with Crippen LogP contribution in [0.25, 0.3) is 0 Å². The fourth-order valence-corrected chi connectivity index (χ4v) is 6.30. The number of carbonyl (C=O) groups is 1. The van der Waals surface area contributed by atoms with Crippen LogP contribution in [0.3, 0.4) is 0 Å². The van der Waals surface area contributed by atoms with Gasteiger partial charge in [0, 0.05) is 50.2 Å². The summed E-state index contributed by atoms with van der Waals surface area (Å²) in [5.74, 6) is 1.05. The molecule has 0 spiro atoms. The third-order valence-corrected chi connectivity index (χ3v) is 8.25. The second-order valence-electron chi connectivity index (χ2n) is 10.0. The van der Waals surface area contributed by atoms with Crippen LogP contribution in [0, 0.1) is 17.8 Å². The Morgan fingerprint density at radius 1 is 1.07 bits per heavy atom. The Morgan fingerprint density at radius 2 is 1.82 bits per heavy atom. The molecule has 4 rings (SSSR count). The number of hydrogen-bond acceptors (Lipinski definition) is 4. The van der Waals surface area contributed by atoms with E-state index in [4.69, 9.17) is 0 Å². The molecule has 2 aliphatic heterocycles. The van der Waals surface area contributed by atoms with E-state index in [0.29, 0.717) is 30.7 Å². The maximum atomic E-state index is 14.4. The van der Waals surface area contributed by atoms with Crippen LogP contribution in [0.15, 0.2) is 0 Å². The van der Waals surface area contributed by atoms with Gasteiger partial charge in [0.1, 0.15) is 6.17 Å². The zero-order valence-electron chi connectivity index (χ0n) is 17.9. The van der Waals surface area contributed by atoms with Gasteiger partial charge in [0.05, 0.1) is 6.04 Å². The van der Waals surface area contributed by atoms with Crippen LogP contribution >= 0.6 is 0 Å². The number of amides is 1. The van der Waals surface area contributed by atoms with Gasteiger partial charge in [-0.2, -0.15) is 0 Å². The highest BCUT2D eigenvalue weighted by Gasteiger charge is 2.47. The zero-order chi connectivity index (χ0) is 19.8. The van der Waals surface area contributed by atoms with Gasteiger partial charge in [0.2, 0.25) is 5.91 Å². The summed E-state index contributed by atoms with van der Waals surface area (Å²) < 4.78 is 14.4. The van der Waals surface area contributed by atoms with Crippen LogP contribution in [-0.4, -0.2) is 79.3 Å². The van der Waals surface area contributed by atoms with E-state index in [9.17, 15) is 9.18 Å². The van der Waals surface area contributed by atoms with Gasteiger partial charge >= 0.3 is 0 Å². The topological polar surface area (TPSA) is 47.6 Å². The van der Waals surface area contributed by atoms with Crippen LogP contribution in [0.1, 0.15) is 52.4 Å². The van der Waals surface area contributed by atoms with Gasteiger partial charge in [-0.1, -0.05) is 13.8 Å². The van der Waals surface area contributed by atoms with Gasteiger partial charge in [-0.3, -0.25) is 9.69 Å². The fourth-order valence-electron chi connectivity index (χ4n) is 6.30. The molecule has 0 aromatic rings. The van der Waals surface area contributed by atoms with Crippen LogP contribution in [0.2, 0.25) is 0 Å². The number of carbonyl (C=O) groups excluding carboxylic acids is 1. The summed E-state index contributed by atoms with van der Waals surface area (Å²) in [6.07, 6.45) is 4.98. The number of fused-ring (bicyclic) bond motifs is 1. The molecule has 6 heteroatoms. The minimum absolute atomic E-state index is 0.0152. The summed E-state index contributed by atoms with van der Waals surface area (Å²) in [5.41, 5.74) is 0. The molecule has 2 N–H and O–H groups in total. The molecule has 2 saturated heterocycles. The Labute approximate surface area is 169 Å². The van der Waals surface area contributed by atoms with E-state index in [1.807, 2.05) is 0 Å². The second kappa shape index (κ2) is 8.57. The number of alkyl halides is 1. The van der Waals surface area contributed by atoms with Gasteiger partial charge < -0.3 is 15.5 Å². The molecule has 0 bridgehead atoms. The first-order chi connectivity index (χ1) is 13.4. The highest BCUT2D eigenvalue weighted by Crippen LogP contribution is 2.39. The van der Waals surface area contributed by atoms with Crippen LogP contribution in [0.4, 0.5) is 4.39 Å². The Balaban J connectivity index is 1.34. The number of rotatable bonds is 3. The lowest BCUT2D eigenvalue weighted by atomic mass is 9.77. The lowest BCUT2D eigenvalue weighted by molar-refractivity contribution is -0.124. The molecule has 5 nitrogen and oxygen atoms in total. The first-order valence-electron chi connectivity index (χ1n) is 11.6. The van der Waals surface area contributed by atoms with Gasteiger partial charge in [0.15, 0.2) is 0 Å². The summed E-state index contributed by atoms with van der Waals surface area (Å²) in [6.45, 7) is 9.05. The monoisotopic (exact) mass is 394 g/mol. The quantitative estimate of drug-likeness (QED) is 0.769. The first-order valence-corrected chi connectivity index (χ1v) is 11.6. The Bertz CT molecular complexity index is 535. The standard InChI is InChI=1S/C22H39FN4O/c1-14-7-8-17(23)16-13-19(24-21(14)16)22(28)25-18-5-4-6-20(15(18)2)27-11-9-26(3)10-12-27/h14-21,24H,4-13H2,1-3H3,(H,25,28). The van der Waals surface area contributed by atoms with Crippen molar-refractivity contribution in [1.82, 2.24) is 20.4 Å². The SMILES string of the molecule is CC1CCC(F)C2CC(C(=O)NC3CCCC(N4CCN(C)CC4)C3C)NC12. The summed E-state index contributed by atoms with van der Waals surface area (Å²) in [5, 5.41) is 6.86. The third-order valence-electron chi connectivity index (χ3n) is 8.25. The van der Waals surface area contributed by atoms with E-state index < -0.39 is 6.17 Å².